The summed E-state index contributed by atoms with van der Waals surface area (Å²) in [7, 11) is 4.58. The van der Waals surface area contributed by atoms with E-state index in [0.717, 1.165) is 0 Å². The molecular formula is C19H18O7. The summed E-state index contributed by atoms with van der Waals surface area (Å²) in [5, 5.41) is 0. The summed E-state index contributed by atoms with van der Waals surface area (Å²) in [4.78, 5) is 12.0. The minimum atomic E-state index is -0.530. The predicted molar refractivity (Wildman–Crippen MR) is 93.3 cm³/mol. The van der Waals surface area contributed by atoms with Crippen LogP contribution >= 0.6 is 0 Å². The third-order valence-corrected chi connectivity index (χ3v) is 3.66. The standard InChI is InChI=1S/C19H18O7/c1-21-16-8-12(9-17(22-2)19(16)23-3)4-7-18(20)26-13-5-6-14-15(10-13)25-11-24-14/h4-10H,11H2,1-3H3/b7-4+. The molecule has 0 aliphatic carbocycles. The van der Waals surface area contributed by atoms with Crippen molar-refractivity contribution < 1.29 is 33.2 Å². The van der Waals surface area contributed by atoms with Gasteiger partial charge in [-0.15, -0.1) is 0 Å². The van der Waals surface area contributed by atoms with E-state index in [2.05, 4.69) is 0 Å². The maximum absolute atomic E-state index is 12.0. The van der Waals surface area contributed by atoms with Gasteiger partial charge in [0.25, 0.3) is 0 Å². The summed E-state index contributed by atoms with van der Waals surface area (Å²) in [6.07, 6.45) is 2.91. The average Bonchev–Trinajstić information content (AvgIpc) is 3.13. The Kier molecular flexibility index (Phi) is 5.17. The first kappa shape index (κ1) is 17.5. The van der Waals surface area contributed by atoms with Crippen LogP contribution < -0.4 is 28.4 Å². The lowest BCUT2D eigenvalue weighted by atomic mass is 10.1. The molecule has 0 bridgehead atoms. The van der Waals surface area contributed by atoms with E-state index >= 15 is 0 Å². The maximum atomic E-state index is 12.0. The van der Waals surface area contributed by atoms with Crippen LogP contribution in [-0.2, 0) is 4.79 Å². The Labute approximate surface area is 150 Å². The fourth-order valence-corrected chi connectivity index (χ4v) is 2.45. The summed E-state index contributed by atoms with van der Waals surface area (Å²) in [5.41, 5.74) is 0.696. The molecule has 1 aliphatic rings. The summed E-state index contributed by atoms with van der Waals surface area (Å²) >= 11 is 0. The molecule has 1 heterocycles. The summed E-state index contributed by atoms with van der Waals surface area (Å²) in [5.74, 6) is 2.48. The lowest BCUT2D eigenvalue weighted by molar-refractivity contribution is -0.128. The molecule has 0 amide bonds. The third kappa shape index (κ3) is 3.66. The molecule has 7 heteroatoms. The molecule has 0 spiro atoms. The molecular weight excluding hydrogens is 340 g/mol. The highest BCUT2D eigenvalue weighted by molar-refractivity contribution is 5.89. The van der Waals surface area contributed by atoms with Crippen molar-refractivity contribution in [3.63, 3.8) is 0 Å². The zero-order valence-electron chi connectivity index (χ0n) is 14.6. The van der Waals surface area contributed by atoms with Crippen molar-refractivity contribution in [1.82, 2.24) is 0 Å². The minimum Gasteiger partial charge on any atom is -0.493 e. The van der Waals surface area contributed by atoms with E-state index in [1.807, 2.05) is 0 Å². The van der Waals surface area contributed by atoms with Crippen molar-refractivity contribution in [3.8, 4) is 34.5 Å². The van der Waals surface area contributed by atoms with Crippen molar-refractivity contribution in [2.24, 2.45) is 0 Å². The molecule has 26 heavy (non-hydrogen) atoms. The Morgan fingerprint density at radius 2 is 1.65 bits per heavy atom. The van der Waals surface area contributed by atoms with E-state index in [0.29, 0.717) is 40.1 Å². The summed E-state index contributed by atoms with van der Waals surface area (Å²) < 4.78 is 31.6. The number of methoxy groups -OCH3 is 3. The quantitative estimate of drug-likeness (QED) is 0.446. The number of carbonyl (C=O) groups is 1. The van der Waals surface area contributed by atoms with E-state index < -0.39 is 5.97 Å². The zero-order chi connectivity index (χ0) is 18.5. The van der Waals surface area contributed by atoms with Crippen molar-refractivity contribution >= 4 is 12.0 Å². The van der Waals surface area contributed by atoms with E-state index in [9.17, 15) is 4.79 Å². The van der Waals surface area contributed by atoms with E-state index in [4.69, 9.17) is 28.4 Å². The van der Waals surface area contributed by atoms with Crippen molar-refractivity contribution in [2.75, 3.05) is 28.1 Å². The maximum Gasteiger partial charge on any atom is 0.336 e. The van der Waals surface area contributed by atoms with Gasteiger partial charge >= 0.3 is 5.97 Å². The zero-order valence-corrected chi connectivity index (χ0v) is 14.6. The predicted octanol–water partition coefficient (Wildman–Crippen LogP) is 3.06. The van der Waals surface area contributed by atoms with Gasteiger partial charge in [0.2, 0.25) is 12.5 Å². The molecule has 1 aliphatic heterocycles. The molecule has 0 fully saturated rings. The van der Waals surface area contributed by atoms with Crippen molar-refractivity contribution in [2.45, 2.75) is 0 Å². The number of hydrogen-bond donors (Lipinski definition) is 0. The Bertz CT molecular complexity index is 817. The van der Waals surface area contributed by atoms with Crippen LogP contribution in [0.4, 0.5) is 0 Å². The van der Waals surface area contributed by atoms with Crippen LogP contribution in [-0.4, -0.2) is 34.1 Å². The molecule has 2 aromatic carbocycles. The SMILES string of the molecule is COc1cc(/C=C/C(=O)Oc2ccc3c(c2)OCO3)cc(OC)c1OC. The molecule has 7 nitrogen and oxygen atoms in total. The lowest BCUT2D eigenvalue weighted by Gasteiger charge is -2.12. The fraction of sp³-hybridized carbons (Fsp3) is 0.211. The van der Waals surface area contributed by atoms with Crippen LogP contribution in [0, 0.1) is 0 Å². The van der Waals surface area contributed by atoms with Crippen molar-refractivity contribution in [1.29, 1.82) is 0 Å². The normalized spacial score (nSPS) is 12.1. The van der Waals surface area contributed by atoms with Crippen LogP contribution in [0.5, 0.6) is 34.5 Å². The van der Waals surface area contributed by atoms with E-state index in [1.54, 1.807) is 36.4 Å². The number of rotatable bonds is 6. The number of esters is 1. The van der Waals surface area contributed by atoms with Gasteiger partial charge in [-0.3, -0.25) is 0 Å². The molecule has 0 N–H and O–H groups in total. The highest BCUT2D eigenvalue weighted by atomic mass is 16.7. The number of ether oxygens (including phenoxy) is 6. The highest BCUT2D eigenvalue weighted by Crippen LogP contribution is 2.38. The molecule has 0 aromatic heterocycles. The second kappa shape index (κ2) is 7.69. The molecule has 0 atom stereocenters. The Morgan fingerprint density at radius 3 is 2.31 bits per heavy atom. The second-order valence-electron chi connectivity index (χ2n) is 5.23. The molecule has 0 saturated carbocycles. The van der Waals surface area contributed by atoms with Crippen LogP contribution in [0.2, 0.25) is 0 Å². The Balaban J connectivity index is 1.73. The van der Waals surface area contributed by atoms with Crippen LogP contribution in [0.1, 0.15) is 5.56 Å². The van der Waals surface area contributed by atoms with Gasteiger partial charge in [0.15, 0.2) is 23.0 Å². The van der Waals surface area contributed by atoms with Gasteiger partial charge in [0, 0.05) is 12.1 Å². The second-order valence-corrected chi connectivity index (χ2v) is 5.23. The number of benzene rings is 2. The average molecular weight is 358 g/mol. The van der Waals surface area contributed by atoms with E-state index in [-0.39, 0.29) is 6.79 Å². The first-order valence-electron chi connectivity index (χ1n) is 7.74. The van der Waals surface area contributed by atoms with E-state index in [1.165, 1.54) is 27.4 Å². The van der Waals surface area contributed by atoms with Crippen LogP contribution in [0.25, 0.3) is 6.08 Å². The molecule has 3 rings (SSSR count). The summed E-state index contributed by atoms with van der Waals surface area (Å²) in [6, 6.07) is 8.39. The minimum absolute atomic E-state index is 0.160. The van der Waals surface area contributed by atoms with Crippen molar-refractivity contribution in [3.05, 3.63) is 42.0 Å². The fourth-order valence-electron chi connectivity index (χ4n) is 2.45. The smallest absolute Gasteiger partial charge is 0.336 e. The van der Waals surface area contributed by atoms with Gasteiger partial charge in [-0.25, -0.2) is 4.79 Å². The number of carbonyl (C=O) groups excluding carboxylic acids is 1. The lowest BCUT2D eigenvalue weighted by Crippen LogP contribution is -2.03. The molecule has 0 saturated heterocycles. The van der Waals surface area contributed by atoms with Gasteiger partial charge < -0.3 is 28.4 Å². The Hall–Kier alpha value is -3.35. The molecule has 2 aromatic rings. The monoisotopic (exact) mass is 358 g/mol. The van der Waals surface area contributed by atoms with Gasteiger partial charge in [-0.2, -0.15) is 0 Å². The van der Waals surface area contributed by atoms with Gasteiger partial charge in [0.05, 0.1) is 21.3 Å². The Morgan fingerprint density at radius 1 is 0.962 bits per heavy atom. The van der Waals surface area contributed by atoms with Gasteiger partial charge in [0.1, 0.15) is 5.75 Å². The molecule has 0 unspecified atom stereocenters. The third-order valence-electron chi connectivity index (χ3n) is 3.66. The van der Waals surface area contributed by atoms with Gasteiger partial charge in [-0.05, 0) is 35.9 Å². The van der Waals surface area contributed by atoms with Crippen LogP contribution in [0.15, 0.2) is 36.4 Å². The van der Waals surface area contributed by atoms with Gasteiger partial charge in [-0.1, -0.05) is 0 Å². The first-order chi connectivity index (χ1) is 12.6. The molecule has 0 radical (unpaired) electrons. The number of hydrogen-bond acceptors (Lipinski definition) is 7. The summed E-state index contributed by atoms with van der Waals surface area (Å²) in [6.45, 7) is 0.160. The first-order valence-corrected chi connectivity index (χ1v) is 7.74. The highest BCUT2D eigenvalue weighted by Gasteiger charge is 2.15. The molecule has 136 valence electrons. The largest absolute Gasteiger partial charge is 0.493 e. The topological polar surface area (TPSA) is 72.5 Å². The van der Waals surface area contributed by atoms with Crippen LogP contribution in [0.3, 0.4) is 0 Å². The number of fused-ring (bicyclic) bond motifs is 1.